The van der Waals surface area contributed by atoms with Gasteiger partial charge in [-0.2, -0.15) is 0 Å². The van der Waals surface area contributed by atoms with Gasteiger partial charge in [-0.15, -0.1) is 0 Å². The van der Waals surface area contributed by atoms with Crippen LogP contribution in [0, 0.1) is 0 Å². The van der Waals surface area contributed by atoms with Crippen molar-refractivity contribution in [2.45, 2.75) is 23.8 Å². The van der Waals surface area contributed by atoms with Crippen molar-refractivity contribution in [3.63, 3.8) is 0 Å². The number of rotatable bonds is 7. The van der Waals surface area contributed by atoms with E-state index in [0.717, 1.165) is 23.6 Å². The van der Waals surface area contributed by atoms with Gasteiger partial charge in [0.1, 0.15) is 0 Å². The number of hydrogen-bond donors (Lipinski definition) is 3. The molecule has 8 heteroatoms. The molecule has 1 aliphatic rings. The number of carbonyl (C=O) groups is 2. The summed E-state index contributed by atoms with van der Waals surface area (Å²) in [5, 5.41) is 7.22. The molecule has 0 unspecified atom stereocenters. The average molecular weight is 423 g/mol. The number of hydrogen-bond acceptors (Lipinski definition) is 4. The molecule has 0 aliphatic heterocycles. The molecular formula is C22H21N3O4S. The van der Waals surface area contributed by atoms with E-state index >= 15 is 0 Å². The van der Waals surface area contributed by atoms with Crippen molar-refractivity contribution in [3.05, 3.63) is 72.3 Å². The molecule has 4 rings (SSSR count). The third-order valence-corrected chi connectivity index (χ3v) is 6.17. The maximum atomic E-state index is 12.5. The zero-order chi connectivity index (χ0) is 21.1. The first-order chi connectivity index (χ1) is 14.4. The Hall–Kier alpha value is -3.23. The number of sulfonamides is 1. The Morgan fingerprint density at radius 1 is 0.900 bits per heavy atom. The van der Waals surface area contributed by atoms with Crippen molar-refractivity contribution >= 4 is 38.3 Å². The van der Waals surface area contributed by atoms with Crippen molar-refractivity contribution < 1.29 is 18.0 Å². The molecule has 0 saturated heterocycles. The fourth-order valence-electron chi connectivity index (χ4n) is 3.02. The molecule has 154 valence electrons. The average Bonchev–Trinajstić information content (AvgIpc) is 3.56. The van der Waals surface area contributed by atoms with Crippen LogP contribution in [0.5, 0.6) is 0 Å². The summed E-state index contributed by atoms with van der Waals surface area (Å²) in [5.74, 6) is -0.718. The summed E-state index contributed by atoms with van der Waals surface area (Å²) >= 11 is 0. The van der Waals surface area contributed by atoms with Gasteiger partial charge < -0.3 is 10.6 Å². The van der Waals surface area contributed by atoms with E-state index < -0.39 is 22.5 Å². The minimum Gasteiger partial charge on any atom is -0.349 e. The van der Waals surface area contributed by atoms with E-state index in [0.29, 0.717) is 11.3 Å². The van der Waals surface area contributed by atoms with Gasteiger partial charge in [0, 0.05) is 17.3 Å². The molecule has 30 heavy (non-hydrogen) atoms. The first-order valence-electron chi connectivity index (χ1n) is 9.60. The van der Waals surface area contributed by atoms with Crippen LogP contribution in [0.2, 0.25) is 0 Å². The molecule has 0 radical (unpaired) electrons. The van der Waals surface area contributed by atoms with Crippen molar-refractivity contribution in [1.29, 1.82) is 0 Å². The van der Waals surface area contributed by atoms with Crippen LogP contribution in [0.3, 0.4) is 0 Å². The number of anilines is 1. The lowest BCUT2D eigenvalue weighted by atomic mass is 10.1. The Morgan fingerprint density at radius 3 is 2.43 bits per heavy atom. The van der Waals surface area contributed by atoms with Gasteiger partial charge in [0.25, 0.3) is 5.91 Å². The monoisotopic (exact) mass is 423 g/mol. The van der Waals surface area contributed by atoms with E-state index in [-0.39, 0.29) is 16.8 Å². The molecule has 2 amide bonds. The number of amides is 2. The second kappa shape index (κ2) is 8.25. The standard InChI is InChI=1S/C22H21N3O4S/c26-21(24-19-7-3-6-17(12-19)22(27)25-18-9-10-18)14-23-30(28,29)20-11-8-15-4-1-2-5-16(15)13-20/h1-8,11-13,18,23H,9-10,14H2,(H,24,26)(H,25,27). The lowest BCUT2D eigenvalue weighted by Gasteiger charge is -2.10. The summed E-state index contributed by atoms with van der Waals surface area (Å²) in [4.78, 5) is 24.4. The summed E-state index contributed by atoms with van der Waals surface area (Å²) in [7, 11) is -3.84. The Balaban J connectivity index is 1.38. The van der Waals surface area contributed by atoms with Crippen molar-refractivity contribution in [3.8, 4) is 0 Å². The van der Waals surface area contributed by atoms with Crippen LogP contribution < -0.4 is 15.4 Å². The third kappa shape index (κ3) is 4.84. The molecule has 0 spiro atoms. The minimum absolute atomic E-state index is 0.0905. The number of carbonyl (C=O) groups excluding carboxylic acids is 2. The fourth-order valence-corrected chi connectivity index (χ4v) is 4.04. The van der Waals surface area contributed by atoms with Gasteiger partial charge in [0.2, 0.25) is 15.9 Å². The van der Waals surface area contributed by atoms with E-state index in [2.05, 4.69) is 15.4 Å². The minimum atomic E-state index is -3.84. The molecule has 7 nitrogen and oxygen atoms in total. The Bertz CT molecular complexity index is 1220. The van der Waals surface area contributed by atoms with Crippen LogP contribution in [-0.2, 0) is 14.8 Å². The van der Waals surface area contributed by atoms with Crippen LogP contribution in [0.4, 0.5) is 5.69 Å². The molecule has 0 heterocycles. The molecule has 3 aromatic carbocycles. The van der Waals surface area contributed by atoms with E-state index in [1.54, 1.807) is 36.4 Å². The summed E-state index contributed by atoms with van der Waals surface area (Å²) in [5.41, 5.74) is 0.866. The highest BCUT2D eigenvalue weighted by Gasteiger charge is 2.24. The second-order valence-corrected chi connectivity index (χ2v) is 8.98. The second-order valence-electron chi connectivity index (χ2n) is 7.21. The van der Waals surface area contributed by atoms with Crippen molar-refractivity contribution in [2.24, 2.45) is 0 Å². The zero-order valence-electron chi connectivity index (χ0n) is 16.1. The van der Waals surface area contributed by atoms with E-state index in [1.165, 1.54) is 6.07 Å². The predicted molar refractivity (Wildman–Crippen MR) is 115 cm³/mol. The summed E-state index contributed by atoms with van der Waals surface area (Å²) in [6.07, 6.45) is 1.97. The van der Waals surface area contributed by atoms with Gasteiger partial charge in [-0.25, -0.2) is 13.1 Å². The zero-order valence-corrected chi connectivity index (χ0v) is 16.9. The predicted octanol–water partition coefficient (Wildman–Crippen LogP) is 2.65. The Labute approximate surface area is 174 Å². The quantitative estimate of drug-likeness (QED) is 0.543. The normalized spacial score (nSPS) is 13.7. The first-order valence-corrected chi connectivity index (χ1v) is 11.1. The summed E-state index contributed by atoms with van der Waals surface area (Å²) < 4.78 is 27.4. The van der Waals surface area contributed by atoms with Crippen LogP contribution in [0.1, 0.15) is 23.2 Å². The molecule has 0 atom stereocenters. The van der Waals surface area contributed by atoms with E-state index in [9.17, 15) is 18.0 Å². The third-order valence-electron chi connectivity index (χ3n) is 4.78. The van der Waals surface area contributed by atoms with Gasteiger partial charge in [-0.3, -0.25) is 9.59 Å². The van der Waals surface area contributed by atoms with Gasteiger partial charge in [-0.05, 0) is 53.9 Å². The van der Waals surface area contributed by atoms with Crippen LogP contribution in [0.25, 0.3) is 10.8 Å². The molecule has 1 saturated carbocycles. The summed E-state index contributed by atoms with van der Waals surface area (Å²) in [6, 6.07) is 19.0. The van der Waals surface area contributed by atoms with Gasteiger partial charge in [-0.1, -0.05) is 36.4 Å². The Morgan fingerprint density at radius 2 is 1.67 bits per heavy atom. The van der Waals surface area contributed by atoms with Crippen LogP contribution in [0.15, 0.2) is 71.6 Å². The molecule has 3 aromatic rings. The maximum Gasteiger partial charge on any atom is 0.251 e. The molecule has 0 aromatic heterocycles. The molecular weight excluding hydrogens is 402 g/mol. The first kappa shape index (κ1) is 20.1. The SMILES string of the molecule is O=C(CNS(=O)(=O)c1ccc2ccccc2c1)Nc1cccc(C(=O)NC2CC2)c1. The largest absolute Gasteiger partial charge is 0.349 e. The lowest BCUT2D eigenvalue weighted by Crippen LogP contribution is -2.33. The highest BCUT2D eigenvalue weighted by molar-refractivity contribution is 7.89. The lowest BCUT2D eigenvalue weighted by molar-refractivity contribution is -0.115. The van der Waals surface area contributed by atoms with Crippen LogP contribution >= 0.6 is 0 Å². The fraction of sp³-hybridized carbons (Fsp3) is 0.182. The van der Waals surface area contributed by atoms with E-state index in [1.807, 2.05) is 24.3 Å². The van der Waals surface area contributed by atoms with Gasteiger partial charge in [0.05, 0.1) is 11.4 Å². The molecule has 3 N–H and O–H groups in total. The number of fused-ring (bicyclic) bond motifs is 1. The summed E-state index contributed by atoms with van der Waals surface area (Å²) in [6.45, 7) is -0.423. The molecule has 1 fully saturated rings. The number of benzene rings is 3. The smallest absolute Gasteiger partial charge is 0.251 e. The van der Waals surface area contributed by atoms with Crippen molar-refractivity contribution in [1.82, 2.24) is 10.0 Å². The van der Waals surface area contributed by atoms with Gasteiger partial charge >= 0.3 is 0 Å². The number of nitrogens with one attached hydrogen (secondary N) is 3. The molecule has 0 bridgehead atoms. The van der Waals surface area contributed by atoms with Crippen molar-refractivity contribution in [2.75, 3.05) is 11.9 Å². The topological polar surface area (TPSA) is 104 Å². The van der Waals surface area contributed by atoms with Gasteiger partial charge in [0.15, 0.2) is 0 Å². The highest BCUT2D eigenvalue weighted by atomic mass is 32.2. The van der Waals surface area contributed by atoms with Crippen LogP contribution in [-0.4, -0.2) is 32.8 Å². The Kier molecular flexibility index (Phi) is 5.52. The molecule has 1 aliphatic carbocycles. The van der Waals surface area contributed by atoms with E-state index in [4.69, 9.17) is 0 Å². The maximum absolute atomic E-state index is 12.5. The highest BCUT2D eigenvalue weighted by Crippen LogP contribution is 2.20.